The van der Waals surface area contributed by atoms with Crippen LogP contribution in [0.5, 0.6) is 0 Å². The molecule has 2 aromatic heterocycles. The summed E-state index contributed by atoms with van der Waals surface area (Å²) in [5.74, 6) is 0.540. The highest BCUT2D eigenvalue weighted by Gasteiger charge is 2.37. The molecule has 5 rings (SSSR count). The summed E-state index contributed by atoms with van der Waals surface area (Å²) < 4.78 is 31.1. The van der Waals surface area contributed by atoms with Crippen LogP contribution in [0.15, 0.2) is 59.4 Å². The molecule has 0 unspecified atom stereocenters. The third kappa shape index (κ3) is 4.35. The zero-order chi connectivity index (χ0) is 20.3. The number of anilines is 1. The van der Waals surface area contributed by atoms with Crippen molar-refractivity contribution < 1.29 is 18.4 Å². The smallest absolute Gasteiger partial charge is 0.151 e. The standard InChI is InChI=1S/C22H23FN4O3/c23-16-4-1-5-17(7-16)25-18-13-28-21-11-27(12-22(21)29-14-18)10-19-8-20(26-30-19)15-3-2-6-24-9-15/h1-9,18,21-22,25H,10-14H2/t21-,22-/m0/s1. The number of halogens is 1. The van der Waals surface area contributed by atoms with Crippen LogP contribution in [0.1, 0.15) is 5.76 Å². The van der Waals surface area contributed by atoms with E-state index in [1.165, 1.54) is 12.1 Å². The van der Waals surface area contributed by atoms with E-state index in [0.717, 1.165) is 35.8 Å². The van der Waals surface area contributed by atoms with Crippen molar-refractivity contribution in [2.24, 2.45) is 0 Å². The number of rotatable bonds is 5. The van der Waals surface area contributed by atoms with Crippen LogP contribution in [0.4, 0.5) is 10.1 Å². The number of hydrogen-bond acceptors (Lipinski definition) is 7. The second-order valence-corrected chi connectivity index (χ2v) is 7.71. The summed E-state index contributed by atoms with van der Waals surface area (Å²) in [4.78, 5) is 6.37. The first-order chi connectivity index (χ1) is 14.7. The van der Waals surface area contributed by atoms with Gasteiger partial charge in [-0.2, -0.15) is 0 Å². The maximum absolute atomic E-state index is 13.4. The summed E-state index contributed by atoms with van der Waals surface area (Å²) in [5.41, 5.74) is 2.45. The summed E-state index contributed by atoms with van der Waals surface area (Å²) >= 11 is 0. The van der Waals surface area contributed by atoms with Crippen LogP contribution in [-0.4, -0.2) is 59.6 Å². The summed E-state index contributed by atoms with van der Waals surface area (Å²) in [6.45, 7) is 3.20. The molecule has 1 aromatic carbocycles. The van der Waals surface area contributed by atoms with Crippen molar-refractivity contribution in [2.75, 3.05) is 31.6 Å². The van der Waals surface area contributed by atoms with Gasteiger partial charge in [0.05, 0.1) is 38.0 Å². The van der Waals surface area contributed by atoms with Gasteiger partial charge in [-0.3, -0.25) is 9.88 Å². The molecular formula is C22H23FN4O3. The minimum absolute atomic E-state index is 0.00465. The molecule has 2 aliphatic heterocycles. The normalized spacial score (nSPS) is 22.6. The molecule has 0 bridgehead atoms. The lowest BCUT2D eigenvalue weighted by Gasteiger charge is -2.19. The topological polar surface area (TPSA) is 72.7 Å². The van der Waals surface area contributed by atoms with Crippen molar-refractivity contribution in [2.45, 2.75) is 24.8 Å². The van der Waals surface area contributed by atoms with Crippen LogP contribution >= 0.6 is 0 Å². The van der Waals surface area contributed by atoms with E-state index in [-0.39, 0.29) is 24.1 Å². The molecule has 2 saturated heterocycles. The Morgan fingerprint density at radius 1 is 1.07 bits per heavy atom. The number of benzene rings is 1. The van der Waals surface area contributed by atoms with Crippen molar-refractivity contribution >= 4 is 5.69 Å². The van der Waals surface area contributed by atoms with E-state index >= 15 is 0 Å². The quantitative estimate of drug-likeness (QED) is 0.693. The van der Waals surface area contributed by atoms with E-state index in [1.807, 2.05) is 24.3 Å². The van der Waals surface area contributed by atoms with Gasteiger partial charge >= 0.3 is 0 Å². The van der Waals surface area contributed by atoms with Gasteiger partial charge in [-0.1, -0.05) is 11.2 Å². The molecule has 2 fully saturated rings. The largest absolute Gasteiger partial charge is 0.378 e. The molecule has 8 heteroatoms. The Balaban J connectivity index is 1.15. The van der Waals surface area contributed by atoms with E-state index in [2.05, 4.69) is 20.4 Å². The fourth-order valence-electron chi connectivity index (χ4n) is 3.95. The minimum atomic E-state index is -0.262. The van der Waals surface area contributed by atoms with Crippen LogP contribution in [0.2, 0.25) is 0 Å². The number of fused-ring (bicyclic) bond motifs is 1. The molecule has 1 N–H and O–H groups in total. The first kappa shape index (κ1) is 19.2. The van der Waals surface area contributed by atoms with Gasteiger partial charge in [-0.05, 0) is 30.3 Å². The molecule has 30 heavy (non-hydrogen) atoms. The molecule has 2 aliphatic rings. The van der Waals surface area contributed by atoms with Crippen LogP contribution in [0.3, 0.4) is 0 Å². The van der Waals surface area contributed by atoms with Gasteiger partial charge in [0.1, 0.15) is 11.5 Å². The fourth-order valence-corrected chi connectivity index (χ4v) is 3.95. The average Bonchev–Trinajstić information content (AvgIpc) is 3.33. The fraction of sp³-hybridized carbons (Fsp3) is 0.364. The predicted molar refractivity (Wildman–Crippen MR) is 108 cm³/mol. The van der Waals surface area contributed by atoms with E-state index in [1.54, 1.807) is 18.5 Å². The number of aromatic nitrogens is 2. The number of hydrogen-bond donors (Lipinski definition) is 1. The number of ether oxygens (including phenoxy) is 2. The number of nitrogens with one attached hydrogen (secondary N) is 1. The molecule has 0 spiro atoms. The van der Waals surface area contributed by atoms with Crippen LogP contribution in [0, 0.1) is 5.82 Å². The molecule has 7 nitrogen and oxygen atoms in total. The summed E-state index contributed by atoms with van der Waals surface area (Å²) in [6.07, 6.45) is 3.51. The van der Waals surface area contributed by atoms with E-state index in [4.69, 9.17) is 14.0 Å². The maximum atomic E-state index is 13.4. The molecule has 2 atom stereocenters. The highest BCUT2D eigenvalue weighted by atomic mass is 19.1. The highest BCUT2D eigenvalue weighted by Crippen LogP contribution is 2.24. The lowest BCUT2D eigenvalue weighted by Crippen LogP contribution is -2.31. The van der Waals surface area contributed by atoms with Crippen LogP contribution in [0.25, 0.3) is 11.3 Å². The van der Waals surface area contributed by atoms with Gasteiger partial charge in [0.2, 0.25) is 0 Å². The number of nitrogens with zero attached hydrogens (tertiary/aromatic N) is 3. The molecular weight excluding hydrogens is 387 g/mol. The van der Waals surface area contributed by atoms with E-state index in [0.29, 0.717) is 19.8 Å². The van der Waals surface area contributed by atoms with Crippen LogP contribution < -0.4 is 5.32 Å². The van der Waals surface area contributed by atoms with Gasteiger partial charge in [0, 0.05) is 42.8 Å². The Hall–Kier alpha value is -2.81. The second-order valence-electron chi connectivity index (χ2n) is 7.71. The molecule has 156 valence electrons. The predicted octanol–water partition coefficient (Wildman–Crippen LogP) is 2.96. The van der Waals surface area contributed by atoms with Gasteiger partial charge in [-0.15, -0.1) is 0 Å². The van der Waals surface area contributed by atoms with Crippen molar-refractivity contribution in [3.05, 3.63) is 66.4 Å². The lowest BCUT2D eigenvalue weighted by atomic mass is 10.2. The first-order valence-electron chi connectivity index (χ1n) is 10.1. The first-order valence-corrected chi connectivity index (χ1v) is 10.1. The summed E-state index contributed by atoms with van der Waals surface area (Å²) in [5, 5.41) is 7.44. The van der Waals surface area contributed by atoms with Crippen molar-refractivity contribution in [3.63, 3.8) is 0 Å². The van der Waals surface area contributed by atoms with E-state index < -0.39 is 0 Å². The lowest BCUT2D eigenvalue weighted by molar-refractivity contribution is -0.00461. The van der Waals surface area contributed by atoms with Crippen molar-refractivity contribution in [1.82, 2.24) is 15.0 Å². The Morgan fingerprint density at radius 2 is 1.90 bits per heavy atom. The molecule has 0 saturated carbocycles. The van der Waals surface area contributed by atoms with Crippen molar-refractivity contribution in [1.29, 1.82) is 0 Å². The molecule has 0 radical (unpaired) electrons. The monoisotopic (exact) mass is 410 g/mol. The zero-order valence-electron chi connectivity index (χ0n) is 16.4. The Kier molecular flexibility index (Phi) is 5.44. The molecule has 0 aliphatic carbocycles. The molecule has 3 aromatic rings. The Bertz CT molecular complexity index is 967. The number of pyridine rings is 1. The summed E-state index contributed by atoms with van der Waals surface area (Å²) in [7, 11) is 0. The Labute approximate surface area is 173 Å². The molecule has 4 heterocycles. The number of likely N-dealkylation sites (tertiary alicyclic amines) is 1. The van der Waals surface area contributed by atoms with Crippen LogP contribution in [-0.2, 0) is 16.0 Å². The van der Waals surface area contributed by atoms with Crippen molar-refractivity contribution in [3.8, 4) is 11.3 Å². The highest BCUT2D eigenvalue weighted by molar-refractivity contribution is 5.57. The third-order valence-corrected chi connectivity index (χ3v) is 5.41. The summed E-state index contributed by atoms with van der Waals surface area (Å²) in [6, 6.07) is 12.2. The second kappa shape index (κ2) is 8.51. The maximum Gasteiger partial charge on any atom is 0.151 e. The van der Waals surface area contributed by atoms with Gasteiger partial charge in [0.15, 0.2) is 5.76 Å². The third-order valence-electron chi connectivity index (χ3n) is 5.41. The van der Waals surface area contributed by atoms with Gasteiger partial charge in [0.25, 0.3) is 0 Å². The van der Waals surface area contributed by atoms with E-state index in [9.17, 15) is 4.39 Å². The van der Waals surface area contributed by atoms with Gasteiger partial charge < -0.3 is 19.3 Å². The average molecular weight is 410 g/mol. The van der Waals surface area contributed by atoms with Gasteiger partial charge in [-0.25, -0.2) is 4.39 Å². The Morgan fingerprint density at radius 3 is 2.63 bits per heavy atom. The molecule has 0 amide bonds. The SMILES string of the molecule is Fc1cccc(NC2CO[C@H]3CN(Cc4cc(-c5cccnc5)no4)C[C@@H]3OC2)c1. The zero-order valence-corrected chi connectivity index (χ0v) is 16.4. The minimum Gasteiger partial charge on any atom is -0.378 e.